The maximum Gasteiger partial charge on any atom is 0.229 e. The van der Waals surface area contributed by atoms with Crippen molar-refractivity contribution >= 4 is 33.5 Å². The molecule has 0 spiro atoms. The summed E-state index contributed by atoms with van der Waals surface area (Å²) in [5.74, 6) is 0. The third-order valence-electron chi connectivity index (χ3n) is 4.44. The normalized spacial score (nSPS) is 20.4. The van der Waals surface area contributed by atoms with Gasteiger partial charge in [0.2, 0.25) is 10.0 Å². The van der Waals surface area contributed by atoms with Crippen LogP contribution in [-0.2, 0) is 10.0 Å². The Morgan fingerprint density at radius 1 is 1.19 bits per heavy atom. The lowest BCUT2D eigenvalue weighted by molar-refractivity contribution is 0.607. The fourth-order valence-electron chi connectivity index (χ4n) is 3.42. The number of thioether (sulfide) groups is 1. The lowest BCUT2D eigenvalue weighted by Gasteiger charge is -2.14. The molecule has 0 radical (unpaired) electrons. The van der Waals surface area contributed by atoms with Crippen molar-refractivity contribution in [2.24, 2.45) is 0 Å². The number of nitrogens with one attached hydrogen (secondary N) is 1. The molecule has 0 unspecified atom stereocenters. The average molecular weight is 382 g/mol. The van der Waals surface area contributed by atoms with E-state index >= 15 is 0 Å². The van der Waals surface area contributed by atoms with Crippen molar-refractivity contribution < 1.29 is 8.42 Å². The minimum Gasteiger partial charge on any atom is -0.284 e. The molecule has 1 N–H and O–H groups in total. The Kier molecular flexibility index (Phi) is 4.51. The van der Waals surface area contributed by atoms with Gasteiger partial charge in [-0.15, -0.1) is 11.8 Å². The van der Waals surface area contributed by atoms with E-state index in [1.54, 1.807) is 17.8 Å². The molecule has 3 nitrogen and oxygen atoms in total. The molecule has 0 fully saturated rings. The number of benzene rings is 1. The van der Waals surface area contributed by atoms with Gasteiger partial charge in [-0.05, 0) is 58.4 Å². The lowest BCUT2D eigenvalue weighted by atomic mass is 9.96. The minimum atomic E-state index is -3.28. The molecule has 0 aromatic heterocycles. The van der Waals surface area contributed by atoms with E-state index in [9.17, 15) is 8.42 Å². The molecule has 132 valence electrons. The topological polar surface area (TPSA) is 46.2 Å². The molecule has 0 amide bonds. The molecule has 0 saturated carbocycles. The molecule has 1 aromatic carbocycles. The number of hydrogen-bond donors (Lipinski definition) is 1. The van der Waals surface area contributed by atoms with Gasteiger partial charge in [0, 0.05) is 17.0 Å². The Morgan fingerprint density at radius 2 is 2.08 bits per heavy atom. The highest BCUT2D eigenvalue weighted by Gasteiger charge is 2.26. The third kappa shape index (κ3) is 3.64. The zero-order valence-corrected chi connectivity index (χ0v) is 16.0. The molecule has 0 saturated heterocycles. The fraction of sp³-hybridized carbons (Fsp3) is 0.143. The molecule has 4 rings (SSSR count). The first-order valence-electron chi connectivity index (χ1n) is 8.41. The van der Waals surface area contributed by atoms with Gasteiger partial charge in [-0.1, -0.05) is 42.0 Å². The zero-order valence-electron chi connectivity index (χ0n) is 14.4. The highest BCUT2D eigenvalue weighted by atomic mass is 32.2. The highest BCUT2D eigenvalue weighted by Crippen LogP contribution is 2.48. The van der Waals surface area contributed by atoms with Crippen LogP contribution in [-0.4, -0.2) is 14.7 Å². The van der Waals surface area contributed by atoms with E-state index in [-0.39, 0.29) is 0 Å². The smallest absolute Gasteiger partial charge is 0.229 e. The fourth-order valence-corrected chi connectivity index (χ4v) is 4.96. The number of anilines is 1. The van der Waals surface area contributed by atoms with Crippen molar-refractivity contribution in [1.29, 1.82) is 0 Å². The summed E-state index contributed by atoms with van der Waals surface area (Å²) in [5.41, 5.74) is 6.84. The Bertz CT molecular complexity index is 1050. The second-order valence-corrected chi connectivity index (χ2v) is 9.25. The summed E-state index contributed by atoms with van der Waals surface area (Å²) in [6.45, 7) is 0. The SMILES string of the molecule is CS(=O)(=O)Nc1cccc(/C=C2\C=CSC3=C2C2=C(CC=CC=C2)C3)c1. The maximum absolute atomic E-state index is 11.5. The quantitative estimate of drug-likeness (QED) is 0.785. The van der Waals surface area contributed by atoms with Crippen molar-refractivity contribution in [3.8, 4) is 0 Å². The first-order chi connectivity index (χ1) is 12.5. The van der Waals surface area contributed by atoms with Crippen LogP contribution in [0.25, 0.3) is 6.08 Å². The van der Waals surface area contributed by atoms with Crippen LogP contribution in [0.4, 0.5) is 5.69 Å². The van der Waals surface area contributed by atoms with Gasteiger partial charge < -0.3 is 0 Å². The van der Waals surface area contributed by atoms with Crippen LogP contribution in [0, 0.1) is 0 Å². The van der Waals surface area contributed by atoms with E-state index in [0.717, 1.165) is 24.7 Å². The Balaban J connectivity index is 1.71. The third-order valence-corrected chi connectivity index (χ3v) is 5.95. The van der Waals surface area contributed by atoms with Crippen LogP contribution >= 0.6 is 11.8 Å². The summed E-state index contributed by atoms with van der Waals surface area (Å²) < 4.78 is 25.5. The van der Waals surface area contributed by atoms with Crippen LogP contribution in [0.3, 0.4) is 0 Å². The van der Waals surface area contributed by atoms with Crippen molar-refractivity contribution in [1.82, 2.24) is 0 Å². The number of hydrogen-bond acceptors (Lipinski definition) is 3. The zero-order chi connectivity index (χ0) is 18.1. The van der Waals surface area contributed by atoms with E-state index in [4.69, 9.17) is 0 Å². The monoisotopic (exact) mass is 381 g/mol. The molecule has 0 atom stereocenters. The molecule has 5 heteroatoms. The molecule has 1 aliphatic heterocycles. The standard InChI is InChI=1S/C21H19NO2S2/c1-26(23,24)22-18-8-5-6-15(13-18)12-17-10-11-25-20-14-16-7-3-2-4-9-19(16)21(17)20/h2-6,8-13,22H,7,14H2,1H3/b17-12+. The predicted octanol–water partition coefficient (Wildman–Crippen LogP) is 5.17. The average Bonchev–Trinajstić information content (AvgIpc) is 2.77. The van der Waals surface area contributed by atoms with E-state index in [0.29, 0.717) is 5.69 Å². The summed E-state index contributed by atoms with van der Waals surface area (Å²) in [4.78, 5) is 1.40. The summed E-state index contributed by atoms with van der Waals surface area (Å²) in [6.07, 6.45) is 16.1. The van der Waals surface area contributed by atoms with E-state index in [2.05, 4.69) is 46.6 Å². The van der Waals surface area contributed by atoms with Crippen LogP contribution in [0.1, 0.15) is 18.4 Å². The van der Waals surface area contributed by atoms with Crippen LogP contribution in [0.15, 0.2) is 87.3 Å². The molecule has 1 aromatic rings. The summed E-state index contributed by atoms with van der Waals surface area (Å²) in [7, 11) is -3.28. The highest BCUT2D eigenvalue weighted by molar-refractivity contribution is 8.05. The van der Waals surface area contributed by atoms with Gasteiger partial charge in [0.05, 0.1) is 6.26 Å². The van der Waals surface area contributed by atoms with Crippen LogP contribution < -0.4 is 4.72 Å². The van der Waals surface area contributed by atoms with E-state index < -0.39 is 10.0 Å². The van der Waals surface area contributed by atoms with Gasteiger partial charge in [-0.3, -0.25) is 4.72 Å². The minimum absolute atomic E-state index is 0.579. The summed E-state index contributed by atoms with van der Waals surface area (Å²) in [5, 5.41) is 2.13. The van der Waals surface area contributed by atoms with Gasteiger partial charge in [0.15, 0.2) is 0 Å². The first-order valence-corrected chi connectivity index (χ1v) is 11.2. The Hall–Kier alpha value is -2.24. The van der Waals surface area contributed by atoms with Crippen molar-refractivity contribution in [2.75, 3.05) is 11.0 Å². The van der Waals surface area contributed by atoms with Gasteiger partial charge in [0.1, 0.15) is 0 Å². The molecule has 1 heterocycles. The first kappa shape index (κ1) is 17.2. The van der Waals surface area contributed by atoms with Gasteiger partial charge >= 0.3 is 0 Å². The summed E-state index contributed by atoms with van der Waals surface area (Å²) in [6, 6.07) is 7.48. The Labute approximate surface area is 158 Å². The molecule has 0 bridgehead atoms. The van der Waals surface area contributed by atoms with Gasteiger partial charge in [-0.2, -0.15) is 0 Å². The Morgan fingerprint density at radius 3 is 2.92 bits per heavy atom. The molecule has 26 heavy (non-hydrogen) atoms. The molecular weight excluding hydrogens is 362 g/mol. The number of allylic oxidation sites excluding steroid dienone is 10. The summed E-state index contributed by atoms with van der Waals surface area (Å²) >= 11 is 1.80. The largest absolute Gasteiger partial charge is 0.284 e. The number of sulfonamides is 1. The van der Waals surface area contributed by atoms with Gasteiger partial charge in [-0.25, -0.2) is 8.42 Å². The van der Waals surface area contributed by atoms with Crippen molar-refractivity contribution in [3.05, 3.63) is 92.8 Å². The second-order valence-electron chi connectivity index (χ2n) is 6.50. The maximum atomic E-state index is 11.5. The van der Waals surface area contributed by atoms with Crippen LogP contribution in [0.5, 0.6) is 0 Å². The number of rotatable bonds is 3. The molecule has 2 aliphatic carbocycles. The van der Waals surface area contributed by atoms with Crippen molar-refractivity contribution in [3.63, 3.8) is 0 Å². The second kappa shape index (κ2) is 6.82. The molecule has 3 aliphatic rings. The van der Waals surface area contributed by atoms with E-state index in [1.165, 1.54) is 27.2 Å². The van der Waals surface area contributed by atoms with Crippen molar-refractivity contribution in [2.45, 2.75) is 12.8 Å². The van der Waals surface area contributed by atoms with Gasteiger partial charge in [0.25, 0.3) is 0 Å². The van der Waals surface area contributed by atoms with E-state index in [1.807, 2.05) is 18.2 Å². The molecular formula is C21H19NO2S2. The predicted molar refractivity (Wildman–Crippen MR) is 111 cm³/mol. The number of fused-ring (bicyclic) bond motifs is 1. The van der Waals surface area contributed by atoms with Crippen LogP contribution in [0.2, 0.25) is 0 Å². The lowest BCUT2D eigenvalue weighted by Crippen LogP contribution is -2.09.